The highest BCUT2D eigenvalue weighted by Gasteiger charge is 2.17. The van der Waals surface area contributed by atoms with Crippen molar-refractivity contribution in [2.24, 2.45) is 0 Å². The highest BCUT2D eigenvalue weighted by molar-refractivity contribution is 5.84. The average molecular weight is 252 g/mol. The molecule has 0 aliphatic carbocycles. The van der Waals surface area contributed by atoms with E-state index in [1.54, 1.807) is 33.9 Å². The van der Waals surface area contributed by atoms with E-state index in [-0.39, 0.29) is 0 Å². The number of carbonyl (C=O) groups is 1. The van der Waals surface area contributed by atoms with Crippen LogP contribution in [0.15, 0.2) is 6.20 Å². The summed E-state index contributed by atoms with van der Waals surface area (Å²) < 4.78 is 5.15. The van der Waals surface area contributed by atoms with E-state index >= 15 is 0 Å². The molecule has 0 aliphatic rings. The van der Waals surface area contributed by atoms with E-state index < -0.39 is 11.7 Å². The van der Waals surface area contributed by atoms with E-state index in [2.05, 4.69) is 15.3 Å². The number of carbonyl (C=O) groups excluding carboxylic acids is 1. The summed E-state index contributed by atoms with van der Waals surface area (Å²) in [4.78, 5) is 21.9. The van der Waals surface area contributed by atoms with Gasteiger partial charge in [-0.1, -0.05) is 0 Å². The monoisotopic (exact) mass is 252 g/mol. The fraction of sp³-hybridized carbons (Fsp3) is 0.583. The minimum Gasteiger partial charge on any atom is -0.444 e. The number of hydrogen-bond donors (Lipinski definition) is 1. The molecular formula is C12H20N4O2. The van der Waals surface area contributed by atoms with Crippen LogP contribution in [0.4, 0.5) is 16.4 Å². The third-order valence-electron chi connectivity index (χ3n) is 2.01. The van der Waals surface area contributed by atoms with Gasteiger partial charge in [-0.05, 0) is 27.7 Å². The van der Waals surface area contributed by atoms with Crippen LogP contribution >= 0.6 is 0 Å². The third kappa shape index (κ3) is 4.20. The van der Waals surface area contributed by atoms with Crippen LogP contribution in [0.25, 0.3) is 0 Å². The Morgan fingerprint density at radius 1 is 1.39 bits per heavy atom. The molecule has 0 saturated heterocycles. The minimum atomic E-state index is -0.533. The first-order valence-corrected chi connectivity index (χ1v) is 5.70. The van der Waals surface area contributed by atoms with Gasteiger partial charge in [-0.3, -0.25) is 5.32 Å². The average Bonchev–Trinajstić information content (AvgIpc) is 2.17. The van der Waals surface area contributed by atoms with E-state index in [1.807, 2.05) is 19.0 Å². The molecule has 0 aliphatic heterocycles. The van der Waals surface area contributed by atoms with Crippen LogP contribution in [0.5, 0.6) is 0 Å². The van der Waals surface area contributed by atoms with Crippen molar-refractivity contribution in [3.8, 4) is 0 Å². The molecule has 0 aromatic carbocycles. The summed E-state index contributed by atoms with van der Waals surface area (Å²) >= 11 is 0. The maximum atomic E-state index is 11.6. The Hall–Kier alpha value is -1.85. The molecule has 1 N–H and O–H groups in total. The van der Waals surface area contributed by atoms with Gasteiger partial charge >= 0.3 is 6.09 Å². The van der Waals surface area contributed by atoms with Gasteiger partial charge in [-0.2, -0.15) is 0 Å². The standard InChI is InChI=1S/C12H20N4O2/c1-8-10(13-7-9(14-8)16(5)6)15-11(17)18-12(2,3)4/h7H,1-6H3,(H,13,15,17). The summed E-state index contributed by atoms with van der Waals surface area (Å²) in [5, 5.41) is 2.58. The van der Waals surface area contributed by atoms with Gasteiger partial charge in [0.2, 0.25) is 0 Å². The molecule has 0 fully saturated rings. The summed E-state index contributed by atoms with van der Waals surface area (Å²) in [7, 11) is 3.76. The van der Waals surface area contributed by atoms with Crippen molar-refractivity contribution in [2.75, 3.05) is 24.3 Å². The molecule has 0 saturated carbocycles. The molecular weight excluding hydrogens is 232 g/mol. The number of ether oxygens (including phenoxy) is 1. The van der Waals surface area contributed by atoms with Crippen molar-refractivity contribution in [1.29, 1.82) is 0 Å². The lowest BCUT2D eigenvalue weighted by atomic mass is 10.2. The summed E-state index contributed by atoms with van der Waals surface area (Å²) in [5.41, 5.74) is 0.113. The van der Waals surface area contributed by atoms with E-state index in [1.165, 1.54) is 0 Å². The van der Waals surface area contributed by atoms with Crippen LogP contribution in [-0.2, 0) is 4.74 Å². The van der Waals surface area contributed by atoms with Gasteiger partial charge in [0.1, 0.15) is 11.4 Å². The Morgan fingerprint density at radius 3 is 2.44 bits per heavy atom. The second-order valence-corrected chi connectivity index (χ2v) is 5.18. The first-order chi connectivity index (χ1) is 8.19. The second-order valence-electron chi connectivity index (χ2n) is 5.18. The van der Waals surface area contributed by atoms with Crippen LogP contribution in [-0.4, -0.2) is 35.8 Å². The van der Waals surface area contributed by atoms with E-state index in [9.17, 15) is 4.79 Å². The molecule has 0 unspecified atom stereocenters. The smallest absolute Gasteiger partial charge is 0.413 e. The minimum absolute atomic E-state index is 0.412. The number of anilines is 2. The quantitative estimate of drug-likeness (QED) is 0.874. The van der Waals surface area contributed by atoms with Crippen molar-refractivity contribution in [1.82, 2.24) is 9.97 Å². The molecule has 0 atom stereocenters. The Morgan fingerprint density at radius 2 is 2.00 bits per heavy atom. The first kappa shape index (κ1) is 14.2. The molecule has 1 aromatic heterocycles. The van der Waals surface area contributed by atoms with Gasteiger partial charge in [0.25, 0.3) is 0 Å². The highest BCUT2D eigenvalue weighted by atomic mass is 16.6. The zero-order valence-electron chi connectivity index (χ0n) is 11.7. The van der Waals surface area contributed by atoms with Crippen molar-refractivity contribution < 1.29 is 9.53 Å². The van der Waals surface area contributed by atoms with E-state index in [0.717, 1.165) is 5.82 Å². The molecule has 1 amide bonds. The summed E-state index contributed by atoms with van der Waals surface area (Å²) in [6, 6.07) is 0. The second kappa shape index (κ2) is 5.20. The van der Waals surface area contributed by atoms with Crippen LogP contribution in [0.3, 0.4) is 0 Å². The lowest BCUT2D eigenvalue weighted by molar-refractivity contribution is 0.0635. The molecule has 1 rings (SSSR count). The van der Waals surface area contributed by atoms with Gasteiger partial charge in [0.05, 0.1) is 11.9 Å². The Labute approximate surface area is 107 Å². The number of aryl methyl sites for hydroxylation is 1. The fourth-order valence-electron chi connectivity index (χ4n) is 1.21. The largest absolute Gasteiger partial charge is 0.444 e. The zero-order chi connectivity index (χ0) is 13.9. The lowest BCUT2D eigenvalue weighted by Crippen LogP contribution is -2.28. The number of nitrogens with zero attached hydrogens (tertiary/aromatic N) is 3. The van der Waals surface area contributed by atoms with Gasteiger partial charge in [-0.15, -0.1) is 0 Å². The Bertz CT molecular complexity index is 438. The zero-order valence-corrected chi connectivity index (χ0v) is 11.7. The van der Waals surface area contributed by atoms with E-state index in [0.29, 0.717) is 11.5 Å². The predicted octanol–water partition coefficient (Wildman–Crippen LogP) is 2.20. The van der Waals surface area contributed by atoms with Crippen molar-refractivity contribution >= 4 is 17.7 Å². The summed E-state index contributed by atoms with van der Waals surface area (Å²) in [6.45, 7) is 7.20. The normalized spacial score (nSPS) is 11.0. The third-order valence-corrected chi connectivity index (χ3v) is 2.01. The highest BCUT2D eigenvalue weighted by Crippen LogP contribution is 2.15. The summed E-state index contributed by atoms with van der Waals surface area (Å²) in [5.74, 6) is 1.15. The predicted molar refractivity (Wildman–Crippen MR) is 71.0 cm³/mol. The van der Waals surface area contributed by atoms with Crippen LogP contribution in [0.2, 0.25) is 0 Å². The number of amides is 1. The maximum Gasteiger partial charge on any atom is 0.413 e. The lowest BCUT2D eigenvalue weighted by Gasteiger charge is -2.20. The van der Waals surface area contributed by atoms with Gasteiger partial charge in [0, 0.05) is 14.1 Å². The molecule has 18 heavy (non-hydrogen) atoms. The number of hydrogen-bond acceptors (Lipinski definition) is 5. The van der Waals surface area contributed by atoms with Gasteiger partial charge in [0.15, 0.2) is 5.82 Å². The molecule has 0 radical (unpaired) electrons. The number of rotatable bonds is 2. The molecule has 6 heteroatoms. The van der Waals surface area contributed by atoms with Crippen LogP contribution in [0.1, 0.15) is 26.5 Å². The first-order valence-electron chi connectivity index (χ1n) is 5.70. The van der Waals surface area contributed by atoms with E-state index in [4.69, 9.17) is 4.74 Å². The van der Waals surface area contributed by atoms with Crippen molar-refractivity contribution in [3.05, 3.63) is 11.9 Å². The molecule has 1 aromatic rings. The van der Waals surface area contributed by atoms with Crippen molar-refractivity contribution in [3.63, 3.8) is 0 Å². The topological polar surface area (TPSA) is 67.4 Å². The number of aromatic nitrogens is 2. The summed E-state index contributed by atoms with van der Waals surface area (Å²) in [6.07, 6.45) is 1.07. The van der Waals surface area contributed by atoms with Crippen LogP contribution < -0.4 is 10.2 Å². The number of nitrogens with one attached hydrogen (secondary N) is 1. The fourth-order valence-corrected chi connectivity index (χ4v) is 1.21. The molecule has 100 valence electrons. The molecule has 0 spiro atoms. The molecule has 1 heterocycles. The maximum absolute atomic E-state index is 11.6. The molecule has 0 bridgehead atoms. The van der Waals surface area contributed by atoms with Crippen molar-refractivity contribution in [2.45, 2.75) is 33.3 Å². The Balaban J connectivity index is 2.77. The molecule has 6 nitrogen and oxygen atoms in total. The van der Waals surface area contributed by atoms with Gasteiger partial charge < -0.3 is 9.64 Å². The SMILES string of the molecule is Cc1nc(N(C)C)cnc1NC(=O)OC(C)(C)C. The van der Waals surface area contributed by atoms with Gasteiger partial charge in [-0.25, -0.2) is 14.8 Å². The van der Waals surface area contributed by atoms with Crippen LogP contribution in [0, 0.1) is 6.92 Å². The Kier molecular flexibility index (Phi) is 4.11.